The van der Waals surface area contributed by atoms with E-state index in [1.54, 1.807) is 6.33 Å². The van der Waals surface area contributed by atoms with E-state index in [1.807, 2.05) is 25.5 Å². The Balaban J connectivity index is 2.02. The highest BCUT2D eigenvalue weighted by molar-refractivity contribution is 5.74. The van der Waals surface area contributed by atoms with Crippen LogP contribution in [0, 0.1) is 11.3 Å². The van der Waals surface area contributed by atoms with Crippen LogP contribution < -0.4 is 0 Å². The molecule has 1 aliphatic rings. The van der Waals surface area contributed by atoms with Gasteiger partial charge in [-0.25, -0.2) is 0 Å². The zero-order valence-electron chi connectivity index (χ0n) is 11.8. The van der Waals surface area contributed by atoms with Gasteiger partial charge in [-0.2, -0.15) is 0 Å². The molecule has 1 atom stereocenters. The molecule has 1 unspecified atom stereocenters. The maximum absolute atomic E-state index is 11.4. The lowest BCUT2D eigenvalue weighted by molar-refractivity contribution is -0.151. The number of rotatable bonds is 4. The van der Waals surface area contributed by atoms with Crippen LogP contribution in [0.3, 0.4) is 0 Å². The number of aliphatic carboxylic acids is 1. The van der Waals surface area contributed by atoms with Crippen LogP contribution in [0.2, 0.25) is 0 Å². The van der Waals surface area contributed by atoms with E-state index in [-0.39, 0.29) is 5.92 Å². The number of nitrogens with zero attached hydrogens (tertiary/aromatic N) is 4. The van der Waals surface area contributed by atoms with Crippen molar-refractivity contribution >= 4 is 5.97 Å². The monoisotopic (exact) mass is 266 g/mol. The second-order valence-corrected chi connectivity index (χ2v) is 5.96. The highest BCUT2D eigenvalue weighted by atomic mass is 16.4. The number of hydrogen-bond acceptors (Lipinski definition) is 4. The number of hydrogen-bond donors (Lipinski definition) is 1. The van der Waals surface area contributed by atoms with Crippen LogP contribution in [0.25, 0.3) is 0 Å². The zero-order valence-corrected chi connectivity index (χ0v) is 11.8. The molecule has 2 heterocycles. The van der Waals surface area contributed by atoms with E-state index in [4.69, 9.17) is 0 Å². The first-order chi connectivity index (χ1) is 8.91. The molecule has 1 saturated heterocycles. The van der Waals surface area contributed by atoms with Gasteiger partial charge in [0.25, 0.3) is 0 Å². The van der Waals surface area contributed by atoms with Crippen molar-refractivity contribution in [1.82, 2.24) is 19.7 Å². The molecule has 1 fully saturated rings. The van der Waals surface area contributed by atoms with Gasteiger partial charge < -0.3 is 9.67 Å². The first-order valence-electron chi connectivity index (χ1n) is 6.70. The first-order valence-corrected chi connectivity index (χ1v) is 6.70. The molecule has 1 aromatic heterocycles. The van der Waals surface area contributed by atoms with Gasteiger partial charge in [-0.05, 0) is 39.2 Å². The Labute approximate surface area is 113 Å². The number of carboxylic acid groups (broad SMARTS) is 1. The number of carbonyl (C=O) groups is 1. The van der Waals surface area contributed by atoms with E-state index in [9.17, 15) is 9.90 Å². The Morgan fingerprint density at radius 1 is 1.58 bits per heavy atom. The summed E-state index contributed by atoms with van der Waals surface area (Å²) in [4.78, 5) is 13.6. The van der Waals surface area contributed by atoms with Crippen molar-refractivity contribution in [3.8, 4) is 0 Å². The van der Waals surface area contributed by atoms with Crippen LogP contribution in [0.5, 0.6) is 0 Å². The van der Waals surface area contributed by atoms with Crippen LogP contribution in [0.15, 0.2) is 6.33 Å². The Kier molecular flexibility index (Phi) is 3.89. The summed E-state index contributed by atoms with van der Waals surface area (Å²) in [5.41, 5.74) is -0.668. The summed E-state index contributed by atoms with van der Waals surface area (Å²) in [7, 11) is 1.93. The fraction of sp³-hybridized carbons (Fsp3) is 0.769. The molecule has 2 rings (SSSR count). The van der Waals surface area contributed by atoms with Crippen molar-refractivity contribution in [2.45, 2.75) is 33.2 Å². The number of aromatic nitrogens is 3. The topological polar surface area (TPSA) is 71.2 Å². The molecule has 1 aliphatic heterocycles. The van der Waals surface area contributed by atoms with E-state index >= 15 is 0 Å². The van der Waals surface area contributed by atoms with Crippen molar-refractivity contribution in [3.63, 3.8) is 0 Å². The fourth-order valence-electron chi connectivity index (χ4n) is 2.61. The Morgan fingerprint density at radius 2 is 2.32 bits per heavy atom. The van der Waals surface area contributed by atoms with E-state index in [0.717, 1.165) is 38.3 Å². The molecule has 0 aromatic carbocycles. The molecule has 0 amide bonds. The third-order valence-corrected chi connectivity index (χ3v) is 4.25. The molecule has 1 N–H and O–H groups in total. The standard InChI is InChI=1S/C13H22N4O2/c1-13(2,12(18)19)10-5-4-6-17(7-10)8-11-15-14-9-16(11)3/h9-10H,4-8H2,1-3H3,(H,18,19). The number of likely N-dealkylation sites (tertiary alicyclic amines) is 1. The van der Waals surface area contributed by atoms with Crippen molar-refractivity contribution in [3.05, 3.63) is 12.2 Å². The van der Waals surface area contributed by atoms with E-state index < -0.39 is 11.4 Å². The van der Waals surface area contributed by atoms with Crippen molar-refractivity contribution in [2.24, 2.45) is 18.4 Å². The van der Waals surface area contributed by atoms with Crippen molar-refractivity contribution in [1.29, 1.82) is 0 Å². The van der Waals surface area contributed by atoms with Gasteiger partial charge in [0.05, 0.1) is 12.0 Å². The van der Waals surface area contributed by atoms with Crippen LogP contribution in [-0.2, 0) is 18.4 Å². The summed E-state index contributed by atoms with van der Waals surface area (Å²) in [5, 5.41) is 17.3. The molecule has 0 saturated carbocycles. The van der Waals surface area contributed by atoms with Crippen LogP contribution in [0.4, 0.5) is 0 Å². The summed E-state index contributed by atoms with van der Waals surface area (Å²) in [6.45, 7) is 6.20. The number of piperidine rings is 1. The molecule has 6 nitrogen and oxygen atoms in total. The Hall–Kier alpha value is -1.43. The highest BCUT2D eigenvalue weighted by Gasteiger charge is 2.39. The lowest BCUT2D eigenvalue weighted by Crippen LogP contribution is -2.44. The third kappa shape index (κ3) is 2.94. The predicted molar refractivity (Wildman–Crippen MR) is 70.4 cm³/mol. The molecular weight excluding hydrogens is 244 g/mol. The minimum Gasteiger partial charge on any atom is -0.481 e. The van der Waals surface area contributed by atoms with Crippen LogP contribution in [0.1, 0.15) is 32.5 Å². The smallest absolute Gasteiger partial charge is 0.309 e. The second-order valence-electron chi connectivity index (χ2n) is 5.96. The lowest BCUT2D eigenvalue weighted by Gasteiger charge is -2.39. The summed E-state index contributed by atoms with van der Waals surface area (Å²) in [6.07, 6.45) is 3.71. The largest absolute Gasteiger partial charge is 0.481 e. The van der Waals surface area contributed by atoms with Crippen LogP contribution in [-0.4, -0.2) is 43.8 Å². The van der Waals surface area contributed by atoms with E-state index in [1.165, 1.54) is 0 Å². The molecule has 0 spiro atoms. The Morgan fingerprint density at radius 3 is 2.89 bits per heavy atom. The average molecular weight is 266 g/mol. The third-order valence-electron chi connectivity index (χ3n) is 4.25. The summed E-state index contributed by atoms with van der Waals surface area (Å²) in [6, 6.07) is 0. The van der Waals surface area contributed by atoms with Gasteiger partial charge in [-0.15, -0.1) is 10.2 Å². The zero-order chi connectivity index (χ0) is 14.0. The van der Waals surface area contributed by atoms with E-state index in [0.29, 0.717) is 0 Å². The molecular formula is C13H22N4O2. The maximum Gasteiger partial charge on any atom is 0.309 e. The van der Waals surface area contributed by atoms with Crippen molar-refractivity contribution < 1.29 is 9.90 Å². The fourth-order valence-corrected chi connectivity index (χ4v) is 2.61. The van der Waals surface area contributed by atoms with Gasteiger partial charge in [0.15, 0.2) is 0 Å². The van der Waals surface area contributed by atoms with Crippen LogP contribution >= 0.6 is 0 Å². The normalized spacial score (nSPS) is 21.5. The minimum absolute atomic E-state index is 0.187. The SMILES string of the molecule is Cn1cnnc1CN1CCCC(C(C)(C)C(=O)O)C1. The van der Waals surface area contributed by atoms with Gasteiger partial charge in [-0.3, -0.25) is 9.69 Å². The molecule has 0 radical (unpaired) electrons. The van der Waals surface area contributed by atoms with E-state index in [2.05, 4.69) is 15.1 Å². The molecule has 6 heteroatoms. The van der Waals surface area contributed by atoms with Gasteiger partial charge in [0.2, 0.25) is 0 Å². The van der Waals surface area contributed by atoms with Gasteiger partial charge in [0.1, 0.15) is 12.2 Å². The summed E-state index contributed by atoms with van der Waals surface area (Å²) in [5.74, 6) is 0.402. The summed E-state index contributed by atoms with van der Waals surface area (Å²) < 4.78 is 1.91. The second kappa shape index (κ2) is 5.28. The minimum atomic E-state index is -0.710. The van der Waals surface area contributed by atoms with Crippen molar-refractivity contribution in [2.75, 3.05) is 13.1 Å². The summed E-state index contributed by atoms with van der Waals surface area (Å²) >= 11 is 0. The van der Waals surface area contributed by atoms with Gasteiger partial charge in [0, 0.05) is 13.6 Å². The average Bonchev–Trinajstić information content (AvgIpc) is 2.75. The molecule has 0 bridgehead atoms. The maximum atomic E-state index is 11.4. The molecule has 1 aromatic rings. The number of carboxylic acids is 1. The van der Waals surface area contributed by atoms with Gasteiger partial charge >= 0.3 is 5.97 Å². The lowest BCUT2D eigenvalue weighted by atomic mass is 9.74. The quantitative estimate of drug-likeness (QED) is 0.884. The molecule has 106 valence electrons. The number of aryl methyl sites for hydroxylation is 1. The highest BCUT2D eigenvalue weighted by Crippen LogP contribution is 2.34. The Bertz CT molecular complexity index is 455. The first kappa shape index (κ1) is 14.0. The molecule has 0 aliphatic carbocycles. The predicted octanol–water partition coefficient (Wildman–Crippen LogP) is 1.14. The molecule has 19 heavy (non-hydrogen) atoms. The van der Waals surface area contributed by atoms with Gasteiger partial charge in [-0.1, -0.05) is 0 Å².